The van der Waals surface area contributed by atoms with E-state index in [4.69, 9.17) is 4.52 Å². The van der Waals surface area contributed by atoms with E-state index in [-0.39, 0.29) is 0 Å². The lowest BCUT2D eigenvalue weighted by Gasteiger charge is -1.96. The SMILES string of the molecule is CPNCOPS. The van der Waals surface area contributed by atoms with E-state index >= 15 is 0 Å². The van der Waals surface area contributed by atoms with E-state index in [1.54, 1.807) is 0 Å². The van der Waals surface area contributed by atoms with E-state index in [1.807, 2.05) is 0 Å². The molecule has 0 aliphatic heterocycles. The van der Waals surface area contributed by atoms with Crippen LogP contribution in [-0.4, -0.2) is 13.4 Å². The summed E-state index contributed by atoms with van der Waals surface area (Å²) in [5, 5.41) is 3.01. The van der Waals surface area contributed by atoms with Crippen LogP contribution >= 0.6 is 29.0 Å². The Balaban J connectivity index is 2.45. The Morgan fingerprint density at radius 2 is 2.57 bits per heavy atom. The van der Waals surface area contributed by atoms with Gasteiger partial charge in [0.05, 0.1) is 8.01 Å². The van der Waals surface area contributed by atoms with Gasteiger partial charge in [-0.1, -0.05) is 8.73 Å². The minimum absolute atomic E-state index is 0.304. The Morgan fingerprint density at radius 3 is 3.00 bits per heavy atom. The number of hydrogen-bond donors (Lipinski definition) is 2. The van der Waals surface area contributed by atoms with Crippen molar-refractivity contribution in [3.8, 4) is 0 Å². The average Bonchev–Trinajstić information content (AvgIpc) is 1.69. The van der Waals surface area contributed by atoms with Gasteiger partial charge in [-0.15, -0.1) is 12.2 Å². The van der Waals surface area contributed by atoms with Crippen LogP contribution in [0, 0.1) is 0 Å². The Hall–Kier alpha value is 1.13. The molecule has 0 aliphatic rings. The summed E-state index contributed by atoms with van der Waals surface area (Å²) in [6.45, 7) is 2.70. The highest BCUT2D eigenvalue weighted by atomic mass is 32.7. The summed E-state index contributed by atoms with van der Waals surface area (Å²) < 4.78 is 4.86. The highest BCUT2D eigenvalue weighted by Crippen LogP contribution is 2.14. The maximum Gasteiger partial charge on any atom is 0.105 e. The number of nitrogens with one attached hydrogen (secondary N) is 1. The van der Waals surface area contributed by atoms with Gasteiger partial charge in [-0.05, 0) is 6.66 Å². The molecule has 0 heterocycles. The third kappa shape index (κ3) is 7.13. The second-order valence-corrected chi connectivity index (χ2v) is 2.68. The first kappa shape index (κ1) is 8.13. The molecule has 0 saturated carbocycles. The molecule has 0 aliphatic carbocycles. The Kier molecular flexibility index (Phi) is 8.28. The molecule has 0 fully saturated rings. The second-order valence-electron chi connectivity index (χ2n) is 0.807. The molecule has 1 N–H and O–H groups in total. The quantitative estimate of drug-likeness (QED) is 0.277. The second kappa shape index (κ2) is 7.13. The first-order valence-electron chi connectivity index (χ1n) is 1.82. The van der Waals surface area contributed by atoms with Crippen LogP contribution in [0.25, 0.3) is 0 Å². The zero-order valence-electron chi connectivity index (χ0n) is 4.06. The average molecular weight is 157 g/mol. The highest BCUT2D eigenvalue weighted by Gasteiger charge is 1.75. The molecule has 0 aromatic rings. The number of thiol groups is 1. The zero-order valence-corrected chi connectivity index (χ0v) is 6.96. The topological polar surface area (TPSA) is 21.3 Å². The highest BCUT2D eigenvalue weighted by molar-refractivity contribution is 8.36. The van der Waals surface area contributed by atoms with Gasteiger partial charge in [0.15, 0.2) is 0 Å². The smallest absolute Gasteiger partial charge is 0.105 e. The van der Waals surface area contributed by atoms with E-state index in [1.165, 1.54) is 0 Å². The molecule has 0 aromatic carbocycles. The Bertz CT molecular complexity index is 34.9. The third-order valence-electron chi connectivity index (χ3n) is 0.386. The van der Waals surface area contributed by atoms with Gasteiger partial charge in [0.2, 0.25) is 0 Å². The van der Waals surface area contributed by atoms with Gasteiger partial charge < -0.3 is 4.52 Å². The van der Waals surface area contributed by atoms with Gasteiger partial charge in [0.25, 0.3) is 0 Å². The zero-order chi connectivity index (χ0) is 5.54. The summed E-state index contributed by atoms with van der Waals surface area (Å²) in [4.78, 5) is 0. The number of rotatable bonds is 4. The molecule has 0 amide bonds. The normalized spacial score (nSPS) is 12.9. The molecule has 0 radical (unpaired) electrons. The van der Waals surface area contributed by atoms with E-state index in [2.05, 4.69) is 24.0 Å². The molecule has 2 atom stereocenters. The van der Waals surface area contributed by atoms with Gasteiger partial charge in [-0.3, -0.25) is 5.09 Å². The monoisotopic (exact) mass is 157 g/mol. The predicted molar refractivity (Wildman–Crippen MR) is 40.6 cm³/mol. The van der Waals surface area contributed by atoms with Crippen molar-refractivity contribution in [1.29, 1.82) is 0 Å². The molecule has 7 heavy (non-hydrogen) atoms. The van der Waals surface area contributed by atoms with E-state index in [0.29, 0.717) is 14.7 Å². The van der Waals surface area contributed by atoms with Crippen molar-refractivity contribution >= 4 is 29.0 Å². The summed E-state index contributed by atoms with van der Waals surface area (Å²) in [6, 6.07) is 0. The van der Waals surface area contributed by atoms with Gasteiger partial charge in [-0.25, -0.2) is 0 Å². The van der Waals surface area contributed by atoms with Crippen LogP contribution in [0.15, 0.2) is 0 Å². The molecular formula is C2H9NOP2S. The predicted octanol–water partition coefficient (Wildman–Crippen LogP) is 1.21. The molecule has 0 bridgehead atoms. The largest absolute Gasteiger partial charge is 0.336 e. The Labute approximate surface area is 52.6 Å². The fourth-order valence-electron chi connectivity index (χ4n) is 0.141. The van der Waals surface area contributed by atoms with Gasteiger partial charge in [-0.2, -0.15) is 0 Å². The molecule has 5 heteroatoms. The van der Waals surface area contributed by atoms with Crippen molar-refractivity contribution in [2.75, 3.05) is 13.4 Å². The Morgan fingerprint density at radius 1 is 1.86 bits per heavy atom. The molecule has 2 unspecified atom stereocenters. The lowest BCUT2D eigenvalue weighted by Crippen LogP contribution is -2.01. The summed E-state index contributed by atoms with van der Waals surface area (Å²) in [6.07, 6.45) is 0. The lowest BCUT2D eigenvalue weighted by molar-refractivity contribution is 0.367. The molecule has 0 spiro atoms. The van der Waals surface area contributed by atoms with Crippen LogP contribution in [0.2, 0.25) is 0 Å². The number of hydrogen-bond acceptors (Lipinski definition) is 3. The van der Waals surface area contributed by atoms with E-state index < -0.39 is 0 Å². The van der Waals surface area contributed by atoms with Gasteiger partial charge in [0.1, 0.15) is 6.73 Å². The van der Waals surface area contributed by atoms with Gasteiger partial charge >= 0.3 is 0 Å². The third-order valence-corrected chi connectivity index (χ3v) is 1.54. The van der Waals surface area contributed by atoms with Crippen molar-refractivity contribution < 1.29 is 4.52 Å². The van der Waals surface area contributed by atoms with Crippen molar-refractivity contribution in [3.63, 3.8) is 0 Å². The van der Waals surface area contributed by atoms with Crippen LogP contribution in [0.3, 0.4) is 0 Å². The van der Waals surface area contributed by atoms with Crippen LogP contribution in [0.5, 0.6) is 0 Å². The molecule has 0 saturated heterocycles. The maximum absolute atomic E-state index is 4.86. The molecule has 0 aromatic heterocycles. The molecule has 0 rings (SSSR count). The first-order chi connectivity index (χ1) is 3.41. The summed E-state index contributed by atoms with van der Waals surface area (Å²) in [5.41, 5.74) is 0. The molecule has 2 nitrogen and oxygen atoms in total. The molecular weight excluding hydrogens is 148 g/mol. The maximum atomic E-state index is 4.86. The van der Waals surface area contributed by atoms with Crippen LogP contribution < -0.4 is 5.09 Å². The summed E-state index contributed by atoms with van der Waals surface area (Å²) >= 11 is 3.86. The van der Waals surface area contributed by atoms with Crippen molar-refractivity contribution in [2.24, 2.45) is 0 Å². The first-order valence-corrected chi connectivity index (χ1v) is 5.52. The minimum Gasteiger partial charge on any atom is -0.336 e. The molecule has 44 valence electrons. The fourth-order valence-corrected chi connectivity index (χ4v) is 0.832. The van der Waals surface area contributed by atoms with Crippen LogP contribution in [-0.2, 0) is 4.52 Å². The van der Waals surface area contributed by atoms with Crippen molar-refractivity contribution in [2.45, 2.75) is 0 Å². The van der Waals surface area contributed by atoms with E-state index in [9.17, 15) is 0 Å². The van der Waals surface area contributed by atoms with Gasteiger partial charge in [0, 0.05) is 0 Å². The van der Waals surface area contributed by atoms with Crippen molar-refractivity contribution in [3.05, 3.63) is 0 Å². The summed E-state index contributed by atoms with van der Waals surface area (Å²) in [5.74, 6) is 0. The fraction of sp³-hybridized carbons (Fsp3) is 1.00. The minimum atomic E-state index is 0.304. The van der Waals surface area contributed by atoms with Crippen LogP contribution in [0.4, 0.5) is 0 Å². The lowest BCUT2D eigenvalue weighted by atomic mass is 11.4. The summed E-state index contributed by atoms with van der Waals surface area (Å²) in [7, 11) is 1.07. The van der Waals surface area contributed by atoms with E-state index in [0.717, 1.165) is 8.73 Å². The standard InChI is InChI=1S/C2H9NOP2S/c1-5-3-2-4-6-7/h3,5-7H,2H2,1H3. The van der Waals surface area contributed by atoms with Crippen LogP contribution in [0.1, 0.15) is 0 Å². The van der Waals surface area contributed by atoms with Crippen molar-refractivity contribution in [1.82, 2.24) is 5.09 Å².